The van der Waals surface area contributed by atoms with Crippen LogP contribution in [0.1, 0.15) is 38.7 Å². The first-order chi connectivity index (χ1) is 9.00. The van der Waals surface area contributed by atoms with Crippen LogP contribution in [0.4, 0.5) is 0 Å². The molecule has 0 radical (unpaired) electrons. The van der Waals surface area contributed by atoms with Gasteiger partial charge in [0.05, 0.1) is 6.61 Å². The van der Waals surface area contributed by atoms with Gasteiger partial charge < -0.3 is 9.84 Å². The first kappa shape index (κ1) is 16.0. The number of carbonyl (C=O) groups excluding carboxylic acids is 1. The molecule has 0 saturated heterocycles. The number of hydrogen-bond donors (Lipinski definition) is 1. The Bertz CT molecular complexity index is 390. The fourth-order valence-electron chi connectivity index (χ4n) is 1.75. The van der Waals surface area contributed by atoms with Gasteiger partial charge >= 0.3 is 5.97 Å². The molecule has 0 aliphatic carbocycles. The SMILES string of the molecule is CCCCCOC(=O)[C@@H](O)[C@@](C)(Cl)c1ccccc1. The number of unbranched alkanes of at least 4 members (excludes halogenated alkanes) is 2. The van der Waals surface area contributed by atoms with Crippen molar-refractivity contribution in [2.45, 2.75) is 44.1 Å². The van der Waals surface area contributed by atoms with Crippen molar-refractivity contribution in [1.82, 2.24) is 0 Å². The van der Waals surface area contributed by atoms with Crippen molar-refractivity contribution in [3.63, 3.8) is 0 Å². The molecule has 0 aromatic heterocycles. The maximum atomic E-state index is 11.8. The van der Waals surface area contributed by atoms with E-state index >= 15 is 0 Å². The standard InChI is InChI=1S/C15H21ClO3/c1-3-4-8-11-19-14(18)13(17)15(2,16)12-9-6-5-7-10-12/h5-7,9-10,13,17H,3-4,8,11H2,1-2H3/t13-,15+/m1/s1. The lowest BCUT2D eigenvalue weighted by Crippen LogP contribution is -2.39. The van der Waals surface area contributed by atoms with E-state index < -0.39 is 16.9 Å². The molecule has 0 unspecified atom stereocenters. The normalized spacial score (nSPS) is 15.6. The highest BCUT2D eigenvalue weighted by atomic mass is 35.5. The Labute approximate surface area is 119 Å². The summed E-state index contributed by atoms with van der Waals surface area (Å²) in [6.45, 7) is 4.01. The first-order valence-corrected chi connectivity index (χ1v) is 6.97. The monoisotopic (exact) mass is 284 g/mol. The lowest BCUT2D eigenvalue weighted by Gasteiger charge is -2.27. The molecule has 0 aliphatic heterocycles. The molecule has 4 heteroatoms. The van der Waals surface area contributed by atoms with Crippen molar-refractivity contribution in [2.24, 2.45) is 0 Å². The molecule has 0 bridgehead atoms. The van der Waals surface area contributed by atoms with Crippen LogP contribution in [-0.4, -0.2) is 23.8 Å². The topological polar surface area (TPSA) is 46.5 Å². The van der Waals surface area contributed by atoms with E-state index in [0.29, 0.717) is 12.2 Å². The highest BCUT2D eigenvalue weighted by molar-refractivity contribution is 6.25. The Morgan fingerprint density at radius 2 is 2.00 bits per heavy atom. The second-order valence-electron chi connectivity index (χ2n) is 4.72. The fourth-order valence-corrected chi connectivity index (χ4v) is 1.96. The van der Waals surface area contributed by atoms with Gasteiger partial charge in [0.2, 0.25) is 0 Å². The minimum atomic E-state index is -1.38. The number of aliphatic hydroxyl groups is 1. The van der Waals surface area contributed by atoms with Gasteiger partial charge in [0.1, 0.15) is 4.87 Å². The molecule has 1 N–H and O–H groups in total. The van der Waals surface area contributed by atoms with Crippen molar-refractivity contribution in [1.29, 1.82) is 0 Å². The van der Waals surface area contributed by atoms with Gasteiger partial charge in [-0.3, -0.25) is 0 Å². The molecule has 1 aromatic carbocycles. The van der Waals surface area contributed by atoms with Gasteiger partial charge in [0.15, 0.2) is 6.10 Å². The Balaban J connectivity index is 2.60. The minimum Gasteiger partial charge on any atom is -0.464 e. The fraction of sp³-hybridized carbons (Fsp3) is 0.533. The molecule has 0 aliphatic rings. The number of hydrogen-bond acceptors (Lipinski definition) is 3. The maximum Gasteiger partial charge on any atom is 0.337 e. The minimum absolute atomic E-state index is 0.325. The average Bonchev–Trinajstić information content (AvgIpc) is 2.43. The summed E-state index contributed by atoms with van der Waals surface area (Å²) < 4.78 is 5.04. The Morgan fingerprint density at radius 3 is 2.58 bits per heavy atom. The van der Waals surface area contributed by atoms with Crippen molar-refractivity contribution >= 4 is 17.6 Å². The van der Waals surface area contributed by atoms with Crippen molar-refractivity contribution in [3.05, 3.63) is 35.9 Å². The van der Waals surface area contributed by atoms with Crippen LogP contribution in [0.3, 0.4) is 0 Å². The molecule has 3 nitrogen and oxygen atoms in total. The van der Waals surface area contributed by atoms with E-state index in [1.165, 1.54) is 0 Å². The maximum absolute atomic E-state index is 11.8. The second-order valence-corrected chi connectivity index (χ2v) is 5.50. The summed E-state index contributed by atoms with van der Waals surface area (Å²) >= 11 is 6.30. The first-order valence-electron chi connectivity index (χ1n) is 6.59. The van der Waals surface area contributed by atoms with Crippen LogP contribution in [0.25, 0.3) is 0 Å². The number of ether oxygens (including phenoxy) is 1. The number of rotatable bonds is 7. The molecule has 0 heterocycles. The van der Waals surface area contributed by atoms with Crippen LogP contribution >= 0.6 is 11.6 Å². The molecule has 19 heavy (non-hydrogen) atoms. The second kappa shape index (κ2) is 7.51. The molecular weight excluding hydrogens is 264 g/mol. The van der Waals surface area contributed by atoms with Crippen LogP contribution < -0.4 is 0 Å². The number of carbonyl (C=O) groups is 1. The molecule has 0 spiro atoms. The molecule has 2 atom stereocenters. The zero-order valence-corrected chi connectivity index (χ0v) is 12.2. The number of esters is 1. The lowest BCUT2D eigenvalue weighted by molar-refractivity contribution is -0.155. The number of aliphatic hydroxyl groups excluding tert-OH is 1. The highest BCUT2D eigenvalue weighted by Gasteiger charge is 2.38. The number of halogens is 1. The molecule has 0 saturated carbocycles. The van der Waals surface area contributed by atoms with Crippen molar-refractivity contribution in [2.75, 3.05) is 6.61 Å². The van der Waals surface area contributed by atoms with E-state index in [-0.39, 0.29) is 0 Å². The summed E-state index contributed by atoms with van der Waals surface area (Å²) in [5.41, 5.74) is 0.690. The summed E-state index contributed by atoms with van der Waals surface area (Å²) in [6, 6.07) is 9.04. The third kappa shape index (κ3) is 4.51. The predicted octanol–water partition coefficient (Wildman–Crippen LogP) is 3.23. The van der Waals surface area contributed by atoms with Gasteiger partial charge in [-0.15, -0.1) is 11.6 Å². The van der Waals surface area contributed by atoms with Crippen molar-refractivity contribution < 1.29 is 14.6 Å². The summed E-state index contributed by atoms with van der Waals surface area (Å²) in [5, 5.41) is 10.0. The predicted molar refractivity (Wildman–Crippen MR) is 76.1 cm³/mol. The number of alkyl halides is 1. The van der Waals surface area contributed by atoms with E-state index in [0.717, 1.165) is 19.3 Å². The van der Waals surface area contributed by atoms with Crippen molar-refractivity contribution in [3.8, 4) is 0 Å². The summed E-state index contributed by atoms with van der Waals surface area (Å²) in [4.78, 5) is 10.6. The van der Waals surface area contributed by atoms with Gasteiger partial charge in [-0.05, 0) is 18.9 Å². The van der Waals surface area contributed by atoms with Gasteiger partial charge in [0.25, 0.3) is 0 Å². The van der Waals surface area contributed by atoms with Crippen LogP contribution in [0.5, 0.6) is 0 Å². The summed E-state index contributed by atoms with van der Waals surface area (Å²) in [5.74, 6) is -0.669. The average molecular weight is 285 g/mol. The Morgan fingerprint density at radius 1 is 1.37 bits per heavy atom. The quantitative estimate of drug-likeness (QED) is 0.475. The van der Waals surface area contributed by atoms with E-state index in [9.17, 15) is 9.90 Å². The molecule has 1 aromatic rings. The van der Waals surface area contributed by atoms with Crippen LogP contribution in [0, 0.1) is 0 Å². The van der Waals surface area contributed by atoms with Gasteiger partial charge in [-0.25, -0.2) is 4.79 Å². The third-order valence-corrected chi connectivity index (χ3v) is 3.49. The number of benzene rings is 1. The molecule has 0 fully saturated rings. The smallest absolute Gasteiger partial charge is 0.337 e. The van der Waals surface area contributed by atoms with Crippen LogP contribution in [0.15, 0.2) is 30.3 Å². The van der Waals surface area contributed by atoms with E-state index in [1.807, 2.05) is 18.2 Å². The zero-order valence-electron chi connectivity index (χ0n) is 11.4. The van der Waals surface area contributed by atoms with Crippen LogP contribution in [0.2, 0.25) is 0 Å². The zero-order chi connectivity index (χ0) is 14.3. The van der Waals surface area contributed by atoms with Gasteiger partial charge in [-0.1, -0.05) is 50.1 Å². The molecule has 106 valence electrons. The highest BCUT2D eigenvalue weighted by Crippen LogP contribution is 2.32. The lowest BCUT2D eigenvalue weighted by atomic mass is 9.94. The van der Waals surface area contributed by atoms with E-state index in [1.54, 1.807) is 19.1 Å². The summed E-state index contributed by atoms with van der Waals surface area (Å²) in [7, 11) is 0. The van der Waals surface area contributed by atoms with Gasteiger partial charge in [-0.2, -0.15) is 0 Å². The van der Waals surface area contributed by atoms with Crippen LogP contribution in [-0.2, 0) is 14.4 Å². The Kier molecular flexibility index (Phi) is 6.32. The molecule has 0 amide bonds. The van der Waals surface area contributed by atoms with E-state index in [2.05, 4.69) is 6.92 Å². The third-order valence-electron chi connectivity index (χ3n) is 3.07. The Hall–Kier alpha value is -1.06. The largest absolute Gasteiger partial charge is 0.464 e. The van der Waals surface area contributed by atoms with E-state index in [4.69, 9.17) is 16.3 Å². The molecular formula is C15H21ClO3. The molecule has 1 rings (SSSR count). The summed E-state index contributed by atoms with van der Waals surface area (Å²) in [6.07, 6.45) is 1.48. The van der Waals surface area contributed by atoms with Gasteiger partial charge in [0, 0.05) is 0 Å².